The highest BCUT2D eigenvalue weighted by atomic mass is 35.5. The summed E-state index contributed by atoms with van der Waals surface area (Å²) in [6, 6.07) is 7.12. The Morgan fingerprint density at radius 3 is 2.89 bits per heavy atom. The number of nitrogens with zero attached hydrogens (tertiary/aromatic N) is 4. The zero-order chi connectivity index (χ0) is 19.7. The molecule has 0 saturated carbocycles. The predicted molar refractivity (Wildman–Crippen MR) is 104 cm³/mol. The highest BCUT2D eigenvalue weighted by Gasteiger charge is 2.38. The van der Waals surface area contributed by atoms with E-state index in [1.54, 1.807) is 17.8 Å². The van der Waals surface area contributed by atoms with E-state index in [4.69, 9.17) is 16.0 Å². The summed E-state index contributed by atoms with van der Waals surface area (Å²) < 4.78 is 35.2. The monoisotopic (exact) mass is 420 g/mol. The number of hydrogen-bond donors (Lipinski definition) is 0. The van der Waals surface area contributed by atoms with E-state index in [9.17, 15) is 8.42 Å². The molecule has 0 bridgehead atoms. The fraction of sp³-hybridized carbons (Fsp3) is 0.368. The van der Waals surface area contributed by atoms with Crippen LogP contribution in [0, 0.1) is 0 Å². The van der Waals surface area contributed by atoms with Gasteiger partial charge < -0.3 is 8.98 Å². The second-order valence-electron chi connectivity index (χ2n) is 6.98. The molecule has 28 heavy (non-hydrogen) atoms. The number of sulfonamides is 1. The zero-order valence-corrected chi connectivity index (χ0v) is 17.0. The van der Waals surface area contributed by atoms with Crippen LogP contribution in [0.4, 0.5) is 0 Å². The van der Waals surface area contributed by atoms with E-state index in [0.717, 1.165) is 18.4 Å². The van der Waals surface area contributed by atoms with Crippen LogP contribution in [0.25, 0.3) is 0 Å². The number of aromatic nitrogens is 3. The third-order valence-electron chi connectivity index (χ3n) is 4.83. The molecule has 1 aliphatic rings. The standard InChI is InChI=1S/C19H21ClN4O3S/c1-23-12-18(22-13-23)28(25,26)24-8-3-2-7-17(24)19-21-11-16(27-19)10-14-5-4-6-15(20)9-14/h4-6,9,11-13,17H,2-3,7-8,10H2,1H3. The maximum Gasteiger partial charge on any atom is 0.262 e. The van der Waals surface area contributed by atoms with E-state index in [1.165, 1.54) is 16.8 Å². The molecule has 0 amide bonds. The van der Waals surface area contributed by atoms with Gasteiger partial charge in [-0.05, 0) is 30.5 Å². The fourth-order valence-electron chi connectivity index (χ4n) is 3.49. The minimum Gasteiger partial charge on any atom is -0.444 e. The van der Waals surface area contributed by atoms with Gasteiger partial charge in [0.2, 0.25) is 5.89 Å². The quantitative estimate of drug-likeness (QED) is 0.630. The van der Waals surface area contributed by atoms with Gasteiger partial charge in [0.25, 0.3) is 10.0 Å². The van der Waals surface area contributed by atoms with Crippen molar-refractivity contribution in [2.75, 3.05) is 6.54 Å². The lowest BCUT2D eigenvalue weighted by Gasteiger charge is -2.31. The summed E-state index contributed by atoms with van der Waals surface area (Å²) >= 11 is 6.04. The first-order chi connectivity index (χ1) is 13.4. The van der Waals surface area contributed by atoms with Gasteiger partial charge >= 0.3 is 0 Å². The second kappa shape index (κ2) is 7.69. The largest absolute Gasteiger partial charge is 0.444 e. The number of imidazole rings is 1. The summed E-state index contributed by atoms with van der Waals surface area (Å²) in [6.07, 6.45) is 7.61. The molecule has 1 atom stereocenters. The predicted octanol–water partition coefficient (Wildman–Crippen LogP) is 3.57. The van der Waals surface area contributed by atoms with Gasteiger partial charge in [-0.3, -0.25) is 0 Å². The maximum absolute atomic E-state index is 13.1. The number of aryl methyl sites for hydroxylation is 1. The Labute approximate surface area is 169 Å². The Morgan fingerprint density at radius 2 is 2.14 bits per heavy atom. The van der Waals surface area contributed by atoms with Crippen molar-refractivity contribution in [2.24, 2.45) is 7.05 Å². The first-order valence-electron chi connectivity index (χ1n) is 9.12. The van der Waals surface area contributed by atoms with Crippen molar-refractivity contribution in [2.45, 2.75) is 36.8 Å². The second-order valence-corrected chi connectivity index (χ2v) is 9.25. The summed E-state index contributed by atoms with van der Waals surface area (Å²) in [5.74, 6) is 1.11. The molecule has 148 valence electrons. The Hall–Kier alpha value is -2.16. The number of rotatable bonds is 5. The summed E-state index contributed by atoms with van der Waals surface area (Å²) in [6.45, 7) is 0.426. The molecule has 1 unspecified atom stereocenters. The zero-order valence-electron chi connectivity index (χ0n) is 15.5. The lowest BCUT2D eigenvalue weighted by Crippen LogP contribution is -2.38. The molecule has 0 aliphatic carbocycles. The minimum absolute atomic E-state index is 0.0487. The Morgan fingerprint density at radius 1 is 1.29 bits per heavy atom. The van der Waals surface area contributed by atoms with Crippen molar-refractivity contribution < 1.29 is 12.8 Å². The van der Waals surface area contributed by atoms with Crippen molar-refractivity contribution in [3.63, 3.8) is 0 Å². The lowest BCUT2D eigenvalue weighted by atomic mass is 10.1. The molecule has 0 N–H and O–H groups in total. The van der Waals surface area contributed by atoms with Gasteiger partial charge in [-0.2, -0.15) is 4.31 Å². The highest BCUT2D eigenvalue weighted by molar-refractivity contribution is 7.89. The Balaban J connectivity index is 1.59. The van der Waals surface area contributed by atoms with Crippen LogP contribution >= 0.6 is 11.6 Å². The molecule has 1 aromatic carbocycles. The third kappa shape index (κ3) is 3.85. The molecule has 4 rings (SSSR count). The lowest BCUT2D eigenvalue weighted by molar-refractivity contribution is 0.216. The first-order valence-corrected chi connectivity index (χ1v) is 10.9. The van der Waals surface area contributed by atoms with Gasteiger partial charge in [0.15, 0.2) is 5.03 Å². The molecule has 1 aliphatic heterocycles. The van der Waals surface area contributed by atoms with Crippen LogP contribution in [0.1, 0.15) is 42.5 Å². The van der Waals surface area contributed by atoms with Crippen LogP contribution < -0.4 is 0 Å². The average molecular weight is 421 g/mol. The van der Waals surface area contributed by atoms with Crippen LogP contribution in [0.15, 0.2) is 52.4 Å². The van der Waals surface area contributed by atoms with E-state index in [2.05, 4.69) is 9.97 Å². The number of halogens is 1. The van der Waals surface area contributed by atoms with Gasteiger partial charge in [0.1, 0.15) is 11.8 Å². The Bertz CT molecular complexity index is 1080. The smallest absolute Gasteiger partial charge is 0.262 e. The van der Waals surface area contributed by atoms with E-state index in [-0.39, 0.29) is 5.03 Å². The number of benzene rings is 1. The van der Waals surface area contributed by atoms with E-state index < -0.39 is 16.1 Å². The number of oxazole rings is 1. The van der Waals surface area contributed by atoms with E-state index in [1.807, 2.05) is 24.3 Å². The fourth-order valence-corrected chi connectivity index (χ4v) is 5.32. The maximum atomic E-state index is 13.1. The van der Waals surface area contributed by atoms with Gasteiger partial charge in [-0.25, -0.2) is 18.4 Å². The topological polar surface area (TPSA) is 81.2 Å². The molecule has 3 heterocycles. The van der Waals surface area contributed by atoms with Crippen molar-refractivity contribution in [3.05, 3.63) is 65.2 Å². The summed E-state index contributed by atoms with van der Waals surface area (Å²) in [7, 11) is -1.96. The summed E-state index contributed by atoms with van der Waals surface area (Å²) in [4.78, 5) is 8.42. The molecule has 0 spiro atoms. The molecular formula is C19H21ClN4O3S. The first kappa shape index (κ1) is 19.2. The van der Waals surface area contributed by atoms with Gasteiger partial charge in [-0.15, -0.1) is 0 Å². The van der Waals surface area contributed by atoms with Crippen LogP contribution in [-0.2, 0) is 23.5 Å². The minimum atomic E-state index is -3.71. The van der Waals surface area contributed by atoms with Gasteiger partial charge in [-0.1, -0.05) is 30.2 Å². The van der Waals surface area contributed by atoms with Crippen molar-refractivity contribution in [3.8, 4) is 0 Å². The van der Waals surface area contributed by atoms with E-state index in [0.29, 0.717) is 36.1 Å². The molecule has 3 aromatic rings. The molecule has 0 radical (unpaired) electrons. The van der Waals surface area contributed by atoms with Gasteiger partial charge in [0, 0.05) is 31.2 Å². The van der Waals surface area contributed by atoms with Crippen molar-refractivity contribution in [1.29, 1.82) is 0 Å². The summed E-state index contributed by atoms with van der Waals surface area (Å²) in [5, 5.41) is 0.713. The van der Waals surface area contributed by atoms with Gasteiger partial charge in [0.05, 0.1) is 12.5 Å². The molecule has 2 aromatic heterocycles. The Kier molecular flexibility index (Phi) is 5.27. The average Bonchev–Trinajstić information content (AvgIpc) is 3.31. The van der Waals surface area contributed by atoms with E-state index >= 15 is 0 Å². The molecule has 7 nitrogen and oxygen atoms in total. The van der Waals surface area contributed by atoms with Crippen molar-refractivity contribution >= 4 is 21.6 Å². The normalized spacial score (nSPS) is 18.4. The number of hydrogen-bond acceptors (Lipinski definition) is 5. The number of piperidine rings is 1. The third-order valence-corrected chi connectivity index (χ3v) is 6.86. The van der Waals surface area contributed by atoms with Crippen LogP contribution in [-0.4, -0.2) is 33.8 Å². The molecule has 9 heteroatoms. The van der Waals surface area contributed by atoms with Crippen LogP contribution in [0.2, 0.25) is 5.02 Å². The summed E-state index contributed by atoms with van der Waals surface area (Å²) in [5.41, 5.74) is 1.01. The molecule has 1 saturated heterocycles. The molecular weight excluding hydrogens is 400 g/mol. The SMILES string of the molecule is Cn1cnc(S(=O)(=O)N2CCCCC2c2ncc(Cc3cccc(Cl)c3)o2)c1. The van der Waals surface area contributed by atoms with Crippen LogP contribution in [0.5, 0.6) is 0 Å². The molecule has 1 fully saturated rings. The highest BCUT2D eigenvalue weighted by Crippen LogP contribution is 2.35. The van der Waals surface area contributed by atoms with Crippen molar-refractivity contribution in [1.82, 2.24) is 18.8 Å². The van der Waals surface area contributed by atoms with Crippen LogP contribution in [0.3, 0.4) is 0 Å².